The van der Waals surface area contributed by atoms with Gasteiger partial charge in [0.1, 0.15) is 6.04 Å². The van der Waals surface area contributed by atoms with Gasteiger partial charge in [-0.05, 0) is 19.9 Å². The van der Waals surface area contributed by atoms with E-state index in [1.54, 1.807) is 6.92 Å². The second kappa shape index (κ2) is 5.85. The Hall–Kier alpha value is -2.31. The number of anilines is 1. The van der Waals surface area contributed by atoms with Crippen molar-refractivity contribution in [2.75, 3.05) is 11.9 Å². The topological polar surface area (TPSA) is 102 Å². The number of nitrogens with one attached hydrogen (secondary N) is 1. The number of hydrogen-bond donors (Lipinski definition) is 2. The Balaban J connectivity index is 2.99. The second-order valence-corrected chi connectivity index (χ2v) is 3.58. The molecule has 0 amide bonds. The lowest BCUT2D eigenvalue weighted by Gasteiger charge is -2.12. The van der Waals surface area contributed by atoms with E-state index in [1.807, 2.05) is 0 Å². The molecule has 0 bridgehead atoms. The van der Waals surface area contributed by atoms with Crippen LogP contribution < -0.4 is 10.1 Å². The smallest absolute Gasteiger partial charge is 0.325 e. The highest BCUT2D eigenvalue weighted by Gasteiger charge is 2.17. The van der Waals surface area contributed by atoms with Crippen LogP contribution in [-0.2, 0) is 4.79 Å². The normalized spacial score (nSPS) is 11.7. The first kappa shape index (κ1) is 13.8. The van der Waals surface area contributed by atoms with Crippen LogP contribution >= 0.6 is 0 Å². The van der Waals surface area contributed by atoms with E-state index >= 15 is 0 Å². The molecule has 7 nitrogen and oxygen atoms in total. The molecule has 0 aliphatic carbocycles. The molecule has 1 aromatic carbocycles. The van der Waals surface area contributed by atoms with Crippen LogP contribution in [0, 0.1) is 10.1 Å². The van der Waals surface area contributed by atoms with Crippen LogP contribution in [0.15, 0.2) is 18.2 Å². The van der Waals surface area contributed by atoms with Gasteiger partial charge >= 0.3 is 11.7 Å². The Kier molecular flexibility index (Phi) is 4.47. The molecule has 0 heterocycles. The number of carbonyl (C=O) groups is 1. The van der Waals surface area contributed by atoms with Gasteiger partial charge in [0.05, 0.1) is 11.5 Å². The lowest BCUT2D eigenvalue weighted by molar-refractivity contribution is -0.385. The minimum Gasteiger partial charge on any atom is -0.487 e. The summed E-state index contributed by atoms with van der Waals surface area (Å²) in [6.07, 6.45) is 0. The van der Waals surface area contributed by atoms with Gasteiger partial charge in [-0.15, -0.1) is 0 Å². The number of nitro benzene ring substituents is 1. The third kappa shape index (κ3) is 3.34. The molecule has 1 aromatic rings. The maximum atomic E-state index is 10.7. The number of aliphatic carboxylic acids is 1. The standard InChI is InChI=1S/C11H14N2O5/c1-3-18-10-6-8(12-7(2)11(14)15)4-5-9(10)13(16)17/h4-7,12H,3H2,1-2H3,(H,14,15). The first-order valence-electron chi connectivity index (χ1n) is 5.36. The SMILES string of the molecule is CCOc1cc(NC(C)C(=O)O)ccc1[N+](=O)[O-]. The molecule has 0 aromatic heterocycles. The van der Waals surface area contributed by atoms with Crippen LogP contribution in [0.3, 0.4) is 0 Å². The van der Waals surface area contributed by atoms with E-state index in [2.05, 4.69) is 5.32 Å². The van der Waals surface area contributed by atoms with Crippen LogP contribution in [0.25, 0.3) is 0 Å². The third-order valence-electron chi connectivity index (χ3n) is 2.21. The zero-order valence-electron chi connectivity index (χ0n) is 10.0. The van der Waals surface area contributed by atoms with Crippen molar-refractivity contribution >= 4 is 17.3 Å². The molecule has 0 spiro atoms. The predicted molar refractivity (Wildman–Crippen MR) is 65.0 cm³/mol. The van der Waals surface area contributed by atoms with Gasteiger partial charge in [0.2, 0.25) is 0 Å². The maximum absolute atomic E-state index is 10.7. The quantitative estimate of drug-likeness (QED) is 0.593. The maximum Gasteiger partial charge on any atom is 0.325 e. The van der Waals surface area contributed by atoms with Crippen molar-refractivity contribution in [3.05, 3.63) is 28.3 Å². The molecule has 18 heavy (non-hydrogen) atoms. The van der Waals surface area contributed by atoms with Gasteiger partial charge in [-0.2, -0.15) is 0 Å². The van der Waals surface area contributed by atoms with Crippen molar-refractivity contribution in [2.24, 2.45) is 0 Å². The minimum absolute atomic E-state index is 0.116. The van der Waals surface area contributed by atoms with Crippen molar-refractivity contribution in [2.45, 2.75) is 19.9 Å². The number of benzene rings is 1. The molecule has 7 heteroatoms. The van der Waals surface area contributed by atoms with E-state index in [0.717, 1.165) is 0 Å². The number of carboxylic acids is 1. The molecule has 0 saturated heterocycles. The monoisotopic (exact) mass is 254 g/mol. The minimum atomic E-state index is -1.01. The van der Waals surface area contributed by atoms with Gasteiger partial charge < -0.3 is 15.2 Å². The van der Waals surface area contributed by atoms with Crippen LogP contribution in [0.5, 0.6) is 5.75 Å². The number of hydrogen-bond acceptors (Lipinski definition) is 5. The van der Waals surface area contributed by atoms with Gasteiger partial charge in [0.15, 0.2) is 5.75 Å². The largest absolute Gasteiger partial charge is 0.487 e. The van der Waals surface area contributed by atoms with Crippen molar-refractivity contribution in [3.63, 3.8) is 0 Å². The van der Waals surface area contributed by atoms with Crippen molar-refractivity contribution in [1.82, 2.24) is 0 Å². The third-order valence-corrected chi connectivity index (χ3v) is 2.21. The molecule has 0 saturated carbocycles. The van der Waals surface area contributed by atoms with Crippen molar-refractivity contribution < 1.29 is 19.6 Å². The molecule has 1 rings (SSSR count). The van der Waals surface area contributed by atoms with Crippen LogP contribution in [-0.4, -0.2) is 28.6 Å². The summed E-state index contributed by atoms with van der Waals surface area (Å²) in [6, 6.07) is 3.35. The summed E-state index contributed by atoms with van der Waals surface area (Å²) >= 11 is 0. The summed E-state index contributed by atoms with van der Waals surface area (Å²) in [6.45, 7) is 3.48. The van der Waals surface area contributed by atoms with Gasteiger partial charge in [-0.3, -0.25) is 14.9 Å². The molecule has 2 N–H and O–H groups in total. The number of ether oxygens (including phenoxy) is 1. The van der Waals surface area contributed by atoms with Crippen molar-refractivity contribution in [1.29, 1.82) is 0 Å². The number of nitro groups is 1. The fraction of sp³-hybridized carbons (Fsp3) is 0.364. The zero-order chi connectivity index (χ0) is 13.7. The highest BCUT2D eigenvalue weighted by atomic mass is 16.6. The Morgan fingerprint density at radius 3 is 2.78 bits per heavy atom. The summed E-state index contributed by atoms with van der Waals surface area (Å²) in [5.74, 6) is -0.892. The lowest BCUT2D eigenvalue weighted by Crippen LogP contribution is -2.25. The number of rotatable bonds is 6. The zero-order valence-corrected chi connectivity index (χ0v) is 10.0. The highest BCUT2D eigenvalue weighted by Crippen LogP contribution is 2.30. The summed E-state index contributed by atoms with van der Waals surface area (Å²) in [5, 5.41) is 22.2. The van der Waals surface area contributed by atoms with E-state index in [-0.39, 0.29) is 11.4 Å². The van der Waals surface area contributed by atoms with Gasteiger partial charge in [0, 0.05) is 17.8 Å². The molecule has 0 radical (unpaired) electrons. The average molecular weight is 254 g/mol. The fourth-order valence-electron chi connectivity index (χ4n) is 1.34. The number of carboxylic acid groups (broad SMARTS) is 1. The van der Waals surface area contributed by atoms with Crippen LogP contribution in [0.2, 0.25) is 0 Å². The number of nitrogens with zero attached hydrogens (tertiary/aromatic N) is 1. The fourth-order valence-corrected chi connectivity index (χ4v) is 1.34. The Labute approximate surface area is 104 Å². The van der Waals surface area contributed by atoms with E-state index in [9.17, 15) is 14.9 Å². The molecule has 1 atom stereocenters. The van der Waals surface area contributed by atoms with E-state index in [0.29, 0.717) is 12.3 Å². The van der Waals surface area contributed by atoms with Crippen LogP contribution in [0.1, 0.15) is 13.8 Å². The first-order chi connectivity index (χ1) is 8.45. The van der Waals surface area contributed by atoms with Crippen LogP contribution in [0.4, 0.5) is 11.4 Å². The molecule has 0 aliphatic rings. The average Bonchev–Trinajstić information content (AvgIpc) is 2.29. The van der Waals surface area contributed by atoms with E-state index in [1.165, 1.54) is 25.1 Å². The van der Waals surface area contributed by atoms with E-state index < -0.39 is 16.9 Å². The van der Waals surface area contributed by atoms with Crippen molar-refractivity contribution in [3.8, 4) is 5.75 Å². The summed E-state index contributed by atoms with van der Waals surface area (Å²) in [7, 11) is 0. The Bertz CT molecular complexity index is 461. The summed E-state index contributed by atoms with van der Waals surface area (Å²) < 4.78 is 5.15. The molecule has 98 valence electrons. The second-order valence-electron chi connectivity index (χ2n) is 3.58. The Morgan fingerprint density at radius 2 is 2.28 bits per heavy atom. The summed E-state index contributed by atoms with van der Waals surface area (Å²) in [5.41, 5.74) is 0.310. The Morgan fingerprint density at radius 1 is 1.61 bits per heavy atom. The first-order valence-corrected chi connectivity index (χ1v) is 5.36. The summed E-state index contributed by atoms with van der Waals surface area (Å²) in [4.78, 5) is 20.9. The van der Waals surface area contributed by atoms with Gasteiger partial charge in [0.25, 0.3) is 0 Å². The molecule has 0 aliphatic heterocycles. The van der Waals surface area contributed by atoms with E-state index in [4.69, 9.17) is 9.84 Å². The lowest BCUT2D eigenvalue weighted by atomic mass is 10.2. The molecule has 1 unspecified atom stereocenters. The van der Waals surface area contributed by atoms with Gasteiger partial charge in [-0.1, -0.05) is 0 Å². The highest BCUT2D eigenvalue weighted by molar-refractivity contribution is 5.77. The van der Waals surface area contributed by atoms with Gasteiger partial charge in [-0.25, -0.2) is 0 Å². The molecular weight excluding hydrogens is 240 g/mol. The molecular formula is C11H14N2O5. The molecule has 0 fully saturated rings. The predicted octanol–water partition coefficient (Wildman–Crippen LogP) is 1.88.